The Balaban J connectivity index is 1.97. The van der Waals surface area contributed by atoms with Gasteiger partial charge in [-0.1, -0.05) is 17.8 Å². The minimum Gasteiger partial charge on any atom is -0.489 e. The summed E-state index contributed by atoms with van der Waals surface area (Å²) < 4.78 is 5.66. The van der Waals surface area contributed by atoms with E-state index in [9.17, 15) is 0 Å². The van der Waals surface area contributed by atoms with Gasteiger partial charge in [0, 0.05) is 18.0 Å². The summed E-state index contributed by atoms with van der Waals surface area (Å²) in [4.78, 5) is 8.34. The summed E-state index contributed by atoms with van der Waals surface area (Å²) in [5.74, 6) is 0.761. The van der Waals surface area contributed by atoms with Gasteiger partial charge < -0.3 is 4.74 Å². The van der Waals surface area contributed by atoms with Crippen molar-refractivity contribution < 1.29 is 4.74 Å². The standard InChI is InChI=1S/C15H14N4OS/c1-21-15(18-11-16)19-13-4-6-14(7-5-13)20-10-12-3-2-8-17-9-12/h2-9H,10H2,1H3,(H,18,19). The molecule has 0 amide bonds. The lowest BCUT2D eigenvalue weighted by atomic mass is 10.3. The van der Waals surface area contributed by atoms with Gasteiger partial charge in [-0.3, -0.25) is 10.3 Å². The molecule has 0 radical (unpaired) electrons. The highest BCUT2D eigenvalue weighted by atomic mass is 32.2. The number of thioether (sulfide) groups is 1. The zero-order chi connectivity index (χ0) is 14.9. The molecule has 1 N–H and O–H groups in total. The molecular weight excluding hydrogens is 284 g/mol. The predicted molar refractivity (Wildman–Crippen MR) is 84.4 cm³/mol. The Morgan fingerprint density at radius 2 is 2.19 bits per heavy atom. The SMILES string of the molecule is CSC(=Nc1ccc(OCc2cccnc2)cc1)NC#N. The summed E-state index contributed by atoms with van der Waals surface area (Å²) in [5, 5.41) is 11.7. The van der Waals surface area contributed by atoms with Gasteiger partial charge in [0.15, 0.2) is 11.4 Å². The summed E-state index contributed by atoms with van der Waals surface area (Å²) in [5.41, 5.74) is 1.78. The van der Waals surface area contributed by atoms with Gasteiger partial charge in [0.25, 0.3) is 0 Å². The van der Waals surface area contributed by atoms with Crippen molar-refractivity contribution in [3.63, 3.8) is 0 Å². The molecule has 0 atom stereocenters. The molecule has 0 saturated heterocycles. The molecule has 0 spiro atoms. The third-order valence-electron chi connectivity index (χ3n) is 2.55. The number of hydrogen-bond acceptors (Lipinski definition) is 5. The lowest BCUT2D eigenvalue weighted by Crippen LogP contribution is -2.12. The van der Waals surface area contributed by atoms with Crippen LogP contribution >= 0.6 is 11.8 Å². The molecule has 5 nitrogen and oxygen atoms in total. The summed E-state index contributed by atoms with van der Waals surface area (Å²) in [7, 11) is 0. The van der Waals surface area contributed by atoms with Crippen LogP contribution in [0.5, 0.6) is 5.75 Å². The minimum absolute atomic E-state index is 0.475. The maximum Gasteiger partial charge on any atom is 0.183 e. The van der Waals surface area contributed by atoms with E-state index in [1.165, 1.54) is 11.8 Å². The van der Waals surface area contributed by atoms with Crippen molar-refractivity contribution in [2.75, 3.05) is 6.26 Å². The number of rotatable bonds is 4. The van der Waals surface area contributed by atoms with Crippen molar-refractivity contribution in [3.8, 4) is 11.9 Å². The van der Waals surface area contributed by atoms with E-state index in [2.05, 4.69) is 15.3 Å². The highest BCUT2D eigenvalue weighted by molar-refractivity contribution is 8.13. The second-order valence-electron chi connectivity index (χ2n) is 4.00. The average Bonchev–Trinajstić information content (AvgIpc) is 2.54. The smallest absolute Gasteiger partial charge is 0.183 e. The normalized spacial score (nSPS) is 10.8. The van der Waals surface area contributed by atoms with Gasteiger partial charge in [0.1, 0.15) is 12.4 Å². The molecule has 0 fully saturated rings. The van der Waals surface area contributed by atoms with E-state index < -0.39 is 0 Å². The third-order valence-corrected chi connectivity index (χ3v) is 3.13. The summed E-state index contributed by atoms with van der Waals surface area (Å²) in [6.07, 6.45) is 7.22. The first kappa shape index (κ1) is 14.9. The molecule has 1 aromatic heterocycles. The van der Waals surface area contributed by atoms with E-state index >= 15 is 0 Å². The van der Waals surface area contributed by atoms with Gasteiger partial charge in [-0.2, -0.15) is 5.26 Å². The minimum atomic E-state index is 0.475. The Morgan fingerprint density at radius 1 is 1.38 bits per heavy atom. The van der Waals surface area contributed by atoms with Crippen LogP contribution in [0.25, 0.3) is 0 Å². The van der Waals surface area contributed by atoms with Crippen LogP contribution in [0, 0.1) is 11.5 Å². The van der Waals surface area contributed by atoms with E-state index in [0.717, 1.165) is 17.0 Å². The first-order chi connectivity index (χ1) is 10.3. The van der Waals surface area contributed by atoms with Crippen LogP contribution < -0.4 is 10.1 Å². The number of nitrogens with zero attached hydrogens (tertiary/aromatic N) is 3. The Bertz CT molecular complexity index is 635. The van der Waals surface area contributed by atoms with Gasteiger partial charge in [0.2, 0.25) is 0 Å². The average molecular weight is 298 g/mol. The van der Waals surface area contributed by atoms with Crippen molar-refractivity contribution in [1.82, 2.24) is 10.3 Å². The van der Waals surface area contributed by atoms with Crippen molar-refractivity contribution >= 4 is 22.6 Å². The molecule has 0 unspecified atom stereocenters. The van der Waals surface area contributed by atoms with Crippen LogP contribution in [0.3, 0.4) is 0 Å². The van der Waals surface area contributed by atoms with Crippen molar-refractivity contribution in [3.05, 3.63) is 54.4 Å². The zero-order valence-corrected chi connectivity index (χ0v) is 12.3. The number of nitrogens with one attached hydrogen (secondary N) is 1. The lowest BCUT2D eigenvalue weighted by Gasteiger charge is -2.06. The van der Waals surface area contributed by atoms with Crippen molar-refractivity contribution in [1.29, 1.82) is 5.26 Å². The molecule has 1 heterocycles. The lowest BCUT2D eigenvalue weighted by molar-refractivity contribution is 0.306. The molecule has 106 valence electrons. The van der Waals surface area contributed by atoms with E-state index in [-0.39, 0.29) is 0 Å². The molecule has 0 saturated carbocycles. The van der Waals surface area contributed by atoms with Crippen LogP contribution in [0.1, 0.15) is 5.56 Å². The quantitative estimate of drug-likeness (QED) is 0.406. The molecule has 0 bridgehead atoms. The van der Waals surface area contributed by atoms with Crippen LogP contribution in [-0.2, 0) is 6.61 Å². The van der Waals surface area contributed by atoms with Gasteiger partial charge in [-0.05, 0) is 36.6 Å². The van der Waals surface area contributed by atoms with Crippen LogP contribution in [0.2, 0.25) is 0 Å². The summed E-state index contributed by atoms with van der Waals surface area (Å²) in [6.45, 7) is 0.475. The molecule has 6 heteroatoms. The number of aliphatic imine (C=N–C) groups is 1. The van der Waals surface area contributed by atoms with E-state index in [1.54, 1.807) is 12.4 Å². The Morgan fingerprint density at radius 3 is 2.81 bits per heavy atom. The van der Waals surface area contributed by atoms with E-state index in [4.69, 9.17) is 10.00 Å². The number of pyridine rings is 1. The third kappa shape index (κ3) is 4.82. The second kappa shape index (κ2) is 7.92. The maximum atomic E-state index is 8.59. The fourth-order valence-corrected chi connectivity index (χ4v) is 1.90. The van der Waals surface area contributed by atoms with Gasteiger partial charge in [0.05, 0.1) is 5.69 Å². The van der Waals surface area contributed by atoms with Crippen molar-refractivity contribution in [2.45, 2.75) is 6.61 Å². The van der Waals surface area contributed by atoms with Crippen molar-refractivity contribution in [2.24, 2.45) is 4.99 Å². The molecular formula is C15H14N4OS. The summed E-state index contributed by atoms with van der Waals surface area (Å²) in [6, 6.07) is 11.2. The number of hydrogen-bond donors (Lipinski definition) is 1. The second-order valence-corrected chi connectivity index (χ2v) is 4.80. The zero-order valence-electron chi connectivity index (χ0n) is 11.5. The number of benzene rings is 1. The topological polar surface area (TPSA) is 70.3 Å². The first-order valence-electron chi connectivity index (χ1n) is 6.21. The van der Waals surface area contributed by atoms with Gasteiger partial charge in [-0.15, -0.1) is 0 Å². The molecule has 21 heavy (non-hydrogen) atoms. The molecule has 2 rings (SSSR count). The Kier molecular flexibility index (Phi) is 5.61. The summed E-state index contributed by atoms with van der Waals surface area (Å²) >= 11 is 1.38. The number of aromatic nitrogens is 1. The van der Waals surface area contributed by atoms with Crippen LogP contribution in [-0.4, -0.2) is 16.4 Å². The van der Waals surface area contributed by atoms with Crippen LogP contribution in [0.15, 0.2) is 53.8 Å². The Labute approximate surface area is 127 Å². The van der Waals surface area contributed by atoms with E-state index in [0.29, 0.717) is 11.8 Å². The molecule has 1 aromatic carbocycles. The predicted octanol–water partition coefficient (Wildman–Crippen LogP) is 3.08. The largest absolute Gasteiger partial charge is 0.489 e. The van der Waals surface area contributed by atoms with Crippen LogP contribution in [0.4, 0.5) is 5.69 Å². The molecule has 0 aliphatic heterocycles. The maximum absolute atomic E-state index is 8.59. The number of amidine groups is 1. The Hall–Kier alpha value is -2.52. The molecule has 2 aromatic rings. The van der Waals surface area contributed by atoms with E-state index in [1.807, 2.05) is 48.8 Å². The molecule has 0 aliphatic rings. The van der Waals surface area contributed by atoms with Gasteiger partial charge >= 0.3 is 0 Å². The fourth-order valence-electron chi connectivity index (χ4n) is 1.56. The molecule has 0 aliphatic carbocycles. The first-order valence-corrected chi connectivity index (χ1v) is 7.44. The fraction of sp³-hybridized carbons (Fsp3) is 0.133. The highest BCUT2D eigenvalue weighted by Gasteiger charge is 1.99. The number of nitriles is 1. The van der Waals surface area contributed by atoms with Gasteiger partial charge in [-0.25, -0.2) is 4.99 Å². The monoisotopic (exact) mass is 298 g/mol. The highest BCUT2D eigenvalue weighted by Crippen LogP contribution is 2.20. The number of ether oxygens (including phenoxy) is 1.